The van der Waals surface area contributed by atoms with Gasteiger partial charge in [-0.15, -0.1) is 0 Å². The largest absolute Gasteiger partial charge is 0.301 e. The van der Waals surface area contributed by atoms with Crippen LogP contribution in [0.4, 0.5) is 0 Å². The topological polar surface area (TPSA) is 9.86 Å². The van der Waals surface area contributed by atoms with Gasteiger partial charge in [-0.1, -0.05) is 90.2 Å². The van der Waals surface area contributed by atoms with Gasteiger partial charge in [-0.3, -0.25) is 0 Å². The lowest BCUT2D eigenvalue weighted by Crippen LogP contribution is -1.95. The molecular formula is C34H20N2S. The number of thiophene rings is 1. The van der Waals surface area contributed by atoms with Crippen molar-refractivity contribution in [3.05, 3.63) is 121 Å². The summed E-state index contributed by atoms with van der Waals surface area (Å²) in [6.07, 6.45) is 0. The highest BCUT2D eigenvalue weighted by atomic mass is 32.1. The molecule has 8 aromatic rings. The number of hydrogen-bond acceptors (Lipinski definition) is 1. The summed E-state index contributed by atoms with van der Waals surface area (Å²) in [6.45, 7) is 0. The Balaban J connectivity index is 1.58. The van der Waals surface area contributed by atoms with Gasteiger partial charge in [0.2, 0.25) is 0 Å². The molecule has 0 spiro atoms. The number of hydrogen-bond donors (Lipinski definition) is 0. The SMILES string of the molecule is c1cc2cc(c1)-c1cccc(c1)-n1c3ccccc3c3c4c5ccccc5n(c4sc31)-c1cccc-2c1. The van der Waals surface area contributed by atoms with Crippen molar-refractivity contribution in [1.29, 1.82) is 0 Å². The van der Waals surface area contributed by atoms with E-state index < -0.39 is 0 Å². The van der Waals surface area contributed by atoms with Crippen molar-refractivity contribution in [2.75, 3.05) is 0 Å². The number of nitrogens with zero attached hydrogens (tertiary/aromatic N) is 2. The molecule has 0 fully saturated rings. The maximum Gasteiger partial charge on any atom is 0.111 e. The van der Waals surface area contributed by atoms with Gasteiger partial charge in [-0.25, -0.2) is 0 Å². The summed E-state index contributed by atoms with van der Waals surface area (Å²) in [7, 11) is 0. The minimum absolute atomic E-state index is 1.20. The second-order valence-corrected chi connectivity index (χ2v) is 10.8. The van der Waals surface area contributed by atoms with Crippen LogP contribution in [0.1, 0.15) is 0 Å². The highest BCUT2D eigenvalue weighted by Crippen LogP contribution is 2.47. The van der Waals surface area contributed by atoms with E-state index in [1.54, 1.807) is 0 Å². The number of fused-ring (bicyclic) bond motifs is 17. The number of para-hydroxylation sites is 2. The van der Waals surface area contributed by atoms with Gasteiger partial charge in [0, 0.05) is 32.9 Å². The fourth-order valence-corrected chi connectivity index (χ4v) is 7.64. The van der Waals surface area contributed by atoms with E-state index >= 15 is 0 Å². The average molecular weight is 489 g/mol. The molecule has 3 aromatic heterocycles. The van der Waals surface area contributed by atoms with Gasteiger partial charge >= 0.3 is 0 Å². The minimum Gasteiger partial charge on any atom is -0.301 e. The van der Waals surface area contributed by atoms with Crippen molar-refractivity contribution in [2.45, 2.75) is 0 Å². The van der Waals surface area contributed by atoms with Crippen molar-refractivity contribution < 1.29 is 0 Å². The molecule has 0 saturated heterocycles. The van der Waals surface area contributed by atoms with Crippen LogP contribution < -0.4 is 0 Å². The summed E-state index contributed by atoms with van der Waals surface area (Å²) in [5.74, 6) is 0. The van der Waals surface area contributed by atoms with E-state index in [9.17, 15) is 0 Å². The molecule has 1 aliphatic heterocycles. The summed E-state index contributed by atoms with van der Waals surface area (Å²) in [5, 5.41) is 5.31. The van der Waals surface area contributed by atoms with Crippen molar-refractivity contribution in [2.24, 2.45) is 0 Å². The molecule has 0 aliphatic carbocycles. The van der Waals surface area contributed by atoms with Gasteiger partial charge in [-0.2, -0.15) is 0 Å². The molecule has 0 saturated carbocycles. The van der Waals surface area contributed by atoms with Gasteiger partial charge in [-0.05, 0) is 64.7 Å². The molecule has 0 N–H and O–H groups in total. The molecule has 0 atom stereocenters. The van der Waals surface area contributed by atoms with Crippen LogP contribution >= 0.6 is 11.3 Å². The second-order valence-electron chi connectivity index (χ2n) is 9.85. The maximum absolute atomic E-state index is 2.46. The molecule has 37 heavy (non-hydrogen) atoms. The molecule has 1 aliphatic rings. The van der Waals surface area contributed by atoms with Crippen LogP contribution in [0.5, 0.6) is 0 Å². The van der Waals surface area contributed by atoms with Crippen LogP contribution in [0.3, 0.4) is 0 Å². The van der Waals surface area contributed by atoms with E-state index in [4.69, 9.17) is 0 Å². The lowest BCUT2D eigenvalue weighted by Gasteiger charge is -2.13. The molecule has 8 bridgehead atoms. The molecule has 4 heterocycles. The number of aromatic nitrogens is 2. The first-order valence-corrected chi connectivity index (χ1v) is 13.4. The van der Waals surface area contributed by atoms with Crippen LogP contribution in [0.25, 0.3) is 75.9 Å². The molecule has 9 rings (SSSR count). The highest BCUT2D eigenvalue weighted by molar-refractivity contribution is 7.25. The molecule has 0 amide bonds. The third-order valence-electron chi connectivity index (χ3n) is 7.84. The molecule has 172 valence electrons. The Kier molecular flexibility index (Phi) is 3.70. The molecule has 0 unspecified atom stereocenters. The van der Waals surface area contributed by atoms with Crippen molar-refractivity contribution in [3.8, 4) is 33.6 Å². The second kappa shape index (κ2) is 7.00. The van der Waals surface area contributed by atoms with E-state index in [1.807, 2.05) is 11.3 Å². The van der Waals surface area contributed by atoms with Crippen LogP contribution in [-0.4, -0.2) is 9.13 Å². The molecular weight excluding hydrogens is 468 g/mol. The lowest BCUT2D eigenvalue weighted by atomic mass is 9.98. The number of benzene rings is 5. The summed E-state index contributed by atoms with van der Waals surface area (Å²) in [6, 6.07) is 44.6. The van der Waals surface area contributed by atoms with Gasteiger partial charge < -0.3 is 9.13 Å². The van der Waals surface area contributed by atoms with Crippen LogP contribution in [0, 0.1) is 0 Å². The molecule has 5 aromatic carbocycles. The fourth-order valence-electron chi connectivity index (χ4n) is 6.24. The lowest BCUT2D eigenvalue weighted by molar-refractivity contribution is 1.19. The zero-order valence-electron chi connectivity index (χ0n) is 19.8. The van der Waals surface area contributed by atoms with Crippen molar-refractivity contribution >= 4 is 53.6 Å². The summed E-state index contributed by atoms with van der Waals surface area (Å²) >= 11 is 1.90. The Labute approximate surface area is 217 Å². The number of rotatable bonds is 0. The normalized spacial score (nSPS) is 12.3. The average Bonchev–Trinajstić information content (AvgIpc) is 3.58. The van der Waals surface area contributed by atoms with Crippen LogP contribution in [0.2, 0.25) is 0 Å². The predicted octanol–water partition coefficient (Wildman–Crippen LogP) is 9.59. The first-order chi connectivity index (χ1) is 18.3. The predicted molar refractivity (Wildman–Crippen MR) is 157 cm³/mol. The standard InChI is InChI=1S/C34H20N2S/c1-3-16-29-27(14-1)31-32-28-15-2-4-17-30(28)36-26-13-7-11-24(20-26)22-9-5-8-21(18-22)23-10-6-12-25(19-23)35(29)33(31)37-34(32)36/h1-20H. The summed E-state index contributed by atoms with van der Waals surface area (Å²) in [4.78, 5) is 2.59. The molecule has 3 heteroatoms. The highest BCUT2D eigenvalue weighted by Gasteiger charge is 2.23. The van der Waals surface area contributed by atoms with E-state index in [1.165, 1.54) is 75.9 Å². The van der Waals surface area contributed by atoms with Gasteiger partial charge in [0.25, 0.3) is 0 Å². The minimum atomic E-state index is 1.20. The van der Waals surface area contributed by atoms with Crippen molar-refractivity contribution in [3.63, 3.8) is 0 Å². The zero-order chi connectivity index (χ0) is 24.1. The Morgan fingerprint density at radius 3 is 1.35 bits per heavy atom. The Morgan fingerprint density at radius 1 is 0.405 bits per heavy atom. The zero-order valence-corrected chi connectivity index (χ0v) is 20.7. The monoisotopic (exact) mass is 488 g/mol. The smallest absolute Gasteiger partial charge is 0.111 e. The molecule has 2 nitrogen and oxygen atoms in total. The van der Waals surface area contributed by atoms with Crippen LogP contribution in [-0.2, 0) is 0 Å². The first kappa shape index (κ1) is 19.6. The summed E-state index contributed by atoms with van der Waals surface area (Å²) < 4.78 is 4.92. The Hall–Kier alpha value is -4.60. The Bertz CT molecular complexity index is 2050. The van der Waals surface area contributed by atoms with Gasteiger partial charge in [0.05, 0.1) is 11.0 Å². The van der Waals surface area contributed by atoms with Crippen molar-refractivity contribution in [1.82, 2.24) is 9.13 Å². The third kappa shape index (κ3) is 2.54. The van der Waals surface area contributed by atoms with Gasteiger partial charge in [0.1, 0.15) is 9.66 Å². The van der Waals surface area contributed by atoms with E-state index in [0.717, 1.165) is 0 Å². The fraction of sp³-hybridized carbons (Fsp3) is 0. The Morgan fingerprint density at radius 2 is 0.838 bits per heavy atom. The van der Waals surface area contributed by atoms with Crippen LogP contribution in [0.15, 0.2) is 121 Å². The van der Waals surface area contributed by atoms with E-state index in [0.29, 0.717) is 0 Å². The maximum atomic E-state index is 2.46. The van der Waals surface area contributed by atoms with E-state index in [-0.39, 0.29) is 0 Å². The summed E-state index contributed by atoms with van der Waals surface area (Å²) in [5.41, 5.74) is 9.83. The first-order valence-electron chi connectivity index (χ1n) is 12.6. The third-order valence-corrected chi connectivity index (χ3v) is 9.00. The molecule has 0 radical (unpaired) electrons. The van der Waals surface area contributed by atoms with E-state index in [2.05, 4.69) is 130 Å². The quantitative estimate of drug-likeness (QED) is 0.201. The van der Waals surface area contributed by atoms with Gasteiger partial charge in [0.15, 0.2) is 0 Å².